The lowest BCUT2D eigenvalue weighted by Crippen LogP contribution is -2.49. The number of carbonyl (C=O) groups is 1. The van der Waals surface area contributed by atoms with Crippen molar-refractivity contribution in [2.75, 3.05) is 31.1 Å². The smallest absolute Gasteiger partial charge is 0.255 e. The van der Waals surface area contributed by atoms with Crippen molar-refractivity contribution in [3.05, 3.63) is 76.2 Å². The standard InChI is InChI=1S/C27H29ClN6O/c1-17(2)24-29-25(23-19(4)31-34(26(23)30-24)20-11-9-18(3)10-12-20)32-13-15-33(16-14-32)27(35)21-7-5-6-8-22(21)28/h5-12,17H,13-16H2,1-4H3. The topological polar surface area (TPSA) is 67.2 Å². The Labute approximate surface area is 210 Å². The molecule has 0 radical (unpaired) electrons. The first-order valence-corrected chi connectivity index (χ1v) is 12.3. The van der Waals surface area contributed by atoms with E-state index in [0.717, 1.165) is 34.1 Å². The molecule has 0 bridgehead atoms. The molecule has 0 atom stereocenters. The van der Waals surface area contributed by atoms with E-state index < -0.39 is 0 Å². The molecular weight excluding hydrogens is 460 g/mol. The molecule has 7 nitrogen and oxygen atoms in total. The molecular formula is C27H29ClN6O. The first kappa shape index (κ1) is 23.3. The molecule has 8 heteroatoms. The number of aromatic nitrogens is 4. The first-order valence-electron chi connectivity index (χ1n) is 12.0. The Morgan fingerprint density at radius 3 is 2.29 bits per heavy atom. The third-order valence-electron chi connectivity index (χ3n) is 6.47. The van der Waals surface area contributed by atoms with E-state index >= 15 is 0 Å². The highest BCUT2D eigenvalue weighted by Crippen LogP contribution is 2.31. The second-order valence-corrected chi connectivity index (χ2v) is 9.76. The van der Waals surface area contributed by atoms with Gasteiger partial charge in [-0.3, -0.25) is 4.79 Å². The number of rotatable bonds is 4. The van der Waals surface area contributed by atoms with E-state index in [2.05, 4.69) is 49.9 Å². The van der Waals surface area contributed by atoms with E-state index in [1.807, 2.05) is 28.6 Å². The zero-order chi connectivity index (χ0) is 24.7. The van der Waals surface area contributed by atoms with Crippen LogP contribution in [0.3, 0.4) is 0 Å². The van der Waals surface area contributed by atoms with Crippen LogP contribution in [0.2, 0.25) is 5.02 Å². The number of aryl methyl sites for hydroxylation is 2. The number of nitrogens with zero attached hydrogens (tertiary/aromatic N) is 6. The number of carbonyl (C=O) groups excluding carboxylic acids is 1. The Hall–Kier alpha value is -3.45. The molecule has 2 aromatic heterocycles. The van der Waals surface area contributed by atoms with Gasteiger partial charge >= 0.3 is 0 Å². The lowest BCUT2D eigenvalue weighted by Gasteiger charge is -2.36. The Kier molecular flexibility index (Phi) is 6.19. The quantitative estimate of drug-likeness (QED) is 0.396. The summed E-state index contributed by atoms with van der Waals surface area (Å²) in [5.74, 6) is 1.81. The number of piperazine rings is 1. The van der Waals surface area contributed by atoms with Crippen LogP contribution in [0.5, 0.6) is 0 Å². The number of anilines is 1. The van der Waals surface area contributed by atoms with Crippen LogP contribution in [0, 0.1) is 13.8 Å². The van der Waals surface area contributed by atoms with Gasteiger partial charge < -0.3 is 9.80 Å². The van der Waals surface area contributed by atoms with Crippen molar-refractivity contribution >= 4 is 34.4 Å². The molecule has 4 aromatic rings. The minimum atomic E-state index is -0.0330. The van der Waals surface area contributed by atoms with Crippen molar-refractivity contribution in [2.24, 2.45) is 0 Å². The number of halogens is 1. The zero-order valence-electron chi connectivity index (χ0n) is 20.5. The lowest BCUT2D eigenvalue weighted by molar-refractivity contribution is 0.0747. The van der Waals surface area contributed by atoms with Crippen LogP contribution in [0.4, 0.5) is 5.82 Å². The normalized spacial score (nSPS) is 14.2. The summed E-state index contributed by atoms with van der Waals surface area (Å²) in [4.78, 5) is 27.1. The van der Waals surface area contributed by atoms with Crippen LogP contribution in [-0.2, 0) is 0 Å². The fourth-order valence-electron chi connectivity index (χ4n) is 4.46. The van der Waals surface area contributed by atoms with E-state index in [-0.39, 0.29) is 11.8 Å². The Balaban J connectivity index is 1.49. The van der Waals surface area contributed by atoms with Crippen LogP contribution in [0.15, 0.2) is 48.5 Å². The highest BCUT2D eigenvalue weighted by atomic mass is 35.5. The number of fused-ring (bicyclic) bond motifs is 1. The average molecular weight is 489 g/mol. The van der Waals surface area contributed by atoms with Crippen LogP contribution in [0.1, 0.15) is 47.2 Å². The number of hydrogen-bond donors (Lipinski definition) is 0. The molecule has 180 valence electrons. The molecule has 5 rings (SSSR count). The monoisotopic (exact) mass is 488 g/mol. The predicted molar refractivity (Wildman–Crippen MR) is 140 cm³/mol. The number of benzene rings is 2. The summed E-state index contributed by atoms with van der Waals surface area (Å²) in [5.41, 5.74) is 4.42. The van der Waals surface area contributed by atoms with Gasteiger partial charge in [-0.15, -0.1) is 0 Å². The van der Waals surface area contributed by atoms with Crippen molar-refractivity contribution in [1.29, 1.82) is 0 Å². The number of amides is 1. The summed E-state index contributed by atoms with van der Waals surface area (Å²) >= 11 is 6.27. The second-order valence-electron chi connectivity index (χ2n) is 9.35. The van der Waals surface area contributed by atoms with Gasteiger partial charge in [-0.1, -0.05) is 55.3 Å². The van der Waals surface area contributed by atoms with Crippen molar-refractivity contribution in [1.82, 2.24) is 24.6 Å². The second kappa shape index (κ2) is 9.30. The van der Waals surface area contributed by atoms with Gasteiger partial charge in [-0.2, -0.15) is 5.10 Å². The average Bonchev–Trinajstić information content (AvgIpc) is 3.20. The Morgan fingerprint density at radius 2 is 1.63 bits per heavy atom. The van der Waals surface area contributed by atoms with E-state index in [1.54, 1.807) is 12.1 Å². The summed E-state index contributed by atoms with van der Waals surface area (Å²) in [6, 6.07) is 15.5. The van der Waals surface area contributed by atoms with Gasteiger partial charge in [-0.05, 0) is 38.1 Å². The van der Waals surface area contributed by atoms with Crippen LogP contribution in [0.25, 0.3) is 16.7 Å². The van der Waals surface area contributed by atoms with Gasteiger partial charge in [-0.25, -0.2) is 14.6 Å². The molecule has 0 unspecified atom stereocenters. The fraction of sp³-hybridized carbons (Fsp3) is 0.333. The zero-order valence-corrected chi connectivity index (χ0v) is 21.3. The van der Waals surface area contributed by atoms with Gasteiger partial charge in [0.15, 0.2) is 5.65 Å². The van der Waals surface area contributed by atoms with Crippen LogP contribution < -0.4 is 4.90 Å². The minimum Gasteiger partial charge on any atom is -0.352 e. The molecule has 1 amide bonds. The highest BCUT2D eigenvalue weighted by Gasteiger charge is 2.27. The largest absolute Gasteiger partial charge is 0.352 e. The van der Waals surface area contributed by atoms with Gasteiger partial charge in [0.05, 0.1) is 27.4 Å². The molecule has 0 N–H and O–H groups in total. The van der Waals surface area contributed by atoms with Gasteiger partial charge in [0.25, 0.3) is 5.91 Å². The summed E-state index contributed by atoms with van der Waals surface area (Å²) in [6.45, 7) is 10.8. The molecule has 0 spiro atoms. The molecule has 1 fully saturated rings. The molecule has 35 heavy (non-hydrogen) atoms. The summed E-state index contributed by atoms with van der Waals surface area (Å²) in [5, 5.41) is 6.29. The SMILES string of the molecule is Cc1ccc(-n2nc(C)c3c(N4CCN(C(=O)c5ccccc5Cl)CC4)nc(C(C)C)nc32)cc1. The van der Waals surface area contributed by atoms with Crippen LogP contribution >= 0.6 is 11.6 Å². The van der Waals surface area contributed by atoms with Crippen molar-refractivity contribution < 1.29 is 4.79 Å². The molecule has 1 saturated heterocycles. The highest BCUT2D eigenvalue weighted by molar-refractivity contribution is 6.33. The molecule has 0 saturated carbocycles. The maximum absolute atomic E-state index is 13.0. The molecule has 1 aliphatic heterocycles. The minimum absolute atomic E-state index is 0.0330. The summed E-state index contributed by atoms with van der Waals surface area (Å²) < 4.78 is 1.92. The van der Waals surface area contributed by atoms with E-state index in [1.165, 1.54) is 5.56 Å². The number of hydrogen-bond acceptors (Lipinski definition) is 5. The molecule has 3 heterocycles. The maximum Gasteiger partial charge on any atom is 0.255 e. The lowest BCUT2D eigenvalue weighted by atomic mass is 10.1. The van der Waals surface area contributed by atoms with E-state index in [0.29, 0.717) is 36.8 Å². The maximum atomic E-state index is 13.0. The van der Waals surface area contributed by atoms with Crippen molar-refractivity contribution in [2.45, 2.75) is 33.6 Å². The van der Waals surface area contributed by atoms with E-state index in [4.69, 9.17) is 26.7 Å². The molecule has 0 aliphatic carbocycles. The predicted octanol–water partition coefficient (Wildman–Crippen LogP) is 5.17. The summed E-state index contributed by atoms with van der Waals surface area (Å²) in [7, 11) is 0. The fourth-order valence-corrected chi connectivity index (χ4v) is 4.67. The van der Waals surface area contributed by atoms with Gasteiger partial charge in [0.1, 0.15) is 11.6 Å². The van der Waals surface area contributed by atoms with Crippen molar-refractivity contribution in [3.8, 4) is 5.69 Å². The third kappa shape index (κ3) is 4.36. The Morgan fingerprint density at radius 1 is 0.943 bits per heavy atom. The third-order valence-corrected chi connectivity index (χ3v) is 6.80. The van der Waals surface area contributed by atoms with Crippen molar-refractivity contribution in [3.63, 3.8) is 0 Å². The molecule has 1 aliphatic rings. The van der Waals surface area contributed by atoms with Gasteiger partial charge in [0, 0.05) is 32.1 Å². The Bertz CT molecular complexity index is 1390. The van der Waals surface area contributed by atoms with Crippen LogP contribution in [-0.4, -0.2) is 56.7 Å². The summed E-state index contributed by atoms with van der Waals surface area (Å²) in [6.07, 6.45) is 0. The van der Waals surface area contributed by atoms with Gasteiger partial charge in [0.2, 0.25) is 0 Å². The molecule has 2 aromatic carbocycles. The van der Waals surface area contributed by atoms with E-state index in [9.17, 15) is 4.79 Å². The first-order chi connectivity index (χ1) is 16.8.